The molecule has 0 aliphatic heterocycles. The summed E-state index contributed by atoms with van der Waals surface area (Å²) in [4.78, 5) is 0. The van der Waals surface area contributed by atoms with E-state index in [1.807, 2.05) is 0 Å². The second-order valence-corrected chi connectivity index (χ2v) is 35.3. The van der Waals surface area contributed by atoms with Crippen LogP contribution in [0, 0.1) is 0 Å². The van der Waals surface area contributed by atoms with Gasteiger partial charge >= 0.3 is 232 Å². The average Bonchev–Trinajstić information content (AvgIpc) is 3.45. The predicted molar refractivity (Wildman–Crippen MR) is 165 cm³/mol. The molecule has 191 valence electrons. The van der Waals surface area contributed by atoms with E-state index in [-0.39, 0.29) is 0 Å². The third-order valence-electron chi connectivity index (χ3n) is 10.2. The predicted octanol–water partition coefficient (Wildman–Crippen LogP) is 9.38. The van der Waals surface area contributed by atoms with E-state index < -0.39 is 21.2 Å². The van der Waals surface area contributed by atoms with Gasteiger partial charge in [0.15, 0.2) is 0 Å². The van der Waals surface area contributed by atoms with Gasteiger partial charge in [0.2, 0.25) is 0 Å². The zero-order chi connectivity index (χ0) is 26.4. The van der Waals surface area contributed by atoms with E-state index in [1.54, 1.807) is 22.3 Å². The summed E-state index contributed by atoms with van der Waals surface area (Å²) in [5.74, 6) is 0. The van der Waals surface area contributed by atoms with Gasteiger partial charge in [-0.05, 0) is 0 Å². The van der Waals surface area contributed by atoms with Gasteiger partial charge in [-0.1, -0.05) is 0 Å². The quantitative estimate of drug-likeness (QED) is 0.202. The molecule has 6 rings (SSSR count). The molecule has 0 heterocycles. The van der Waals surface area contributed by atoms with Crippen LogP contribution in [-0.2, 0) is 24.0 Å². The van der Waals surface area contributed by atoms with Crippen LogP contribution in [0.4, 0.5) is 0 Å². The topological polar surface area (TPSA) is 0 Å². The fourth-order valence-electron chi connectivity index (χ4n) is 8.83. The van der Waals surface area contributed by atoms with Crippen LogP contribution in [0.2, 0.25) is 13.1 Å². The molecule has 0 radical (unpaired) electrons. The number of hydrogen-bond donors (Lipinski definition) is 0. The molecule has 4 aromatic rings. The third kappa shape index (κ3) is 3.82. The Kier molecular flexibility index (Phi) is 6.59. The van der Waals surface area contributed by atoms with Gasteiger partial charge in [0.25, 0.3) is 0 Å². The Morgan fingerprint density at radius 2 is 0.895 bits per heavy atom. The molecule has 38 heavy (non-hydrogen) atoms. The van der Waals surface area contributed by atoms with Gasteiger partial charge in [0.05, 0.1) is 0 Å². The summed E-state index contributed by atoms with van der Waals surface area (Å²) >= 11 is -3.76. The van der Waals surface area contributed by atoms with Crippen LogP contribution < -0.4 is 0 Å². The van der Waals surface area contributed by atoms with Crippen LogP contribution in [-0.4, -0.2) is 6.66 Å². The number of allylic oxidation sites excluding steroid dienone is 2. The Morgan fingerprint density at radius 1 is 0.526 bits per heavy atom. The van der Waals surface area contributed by atoms with E-state index in [2.05, 4.69) is 148 Å². The van der Waals surface area contributed by atoms with Crippen molar-refractivity contribution in [1.29, 1.82) is 0 Å². The first-order valence-electron chi connectivity index (χ1n) is 14.2. The van der Waals surface area contributed by atoms with E-state index in [0.29, 0.717) is 8.45 Å². The summed E-state index contributed by atoms with van der Waals surface area (Å²) in [7, 11) is 0. The first-order valence-corrected chi connectivity index (χ1v) is 23.8. The standard InChI is InChI=1S/2C10H9.2C7H7.C2H7Si.Ti/c2*1-8-6-9-4-2-3-5-10(9)7-8;2*1-7-5-3-2-4-6-7;1-3-2;/h2*2-7H,1H3;2*2-6H,1H2;3H,1-2H3;. The molecule has 4 aromatic carbocycles. The maximum atomic E-state index is 2.73. The van der Waals surface area contributed by atoms with Gasteiger partial charge in [-0.2, -0.15) is 0 Å². The van der Waals surface area contributed by atoms with Crippen molar-refractivity contribution < 1.29 is 14.6 Å². The van der Waals surface area contributed by atoms with Crippen molar-refractivity contribution in [2.75, 3.05) is 0 Å². The third-order valence-corrected chi connectivity index (χ3v) is 42.5. The second kappa shape index (κ2) is 9.79. The molecule has 2 atom stereocenters. The second-order valence-electron chi connectivity index (χ2n) is 12.4. The molecular weight excluding hydrogens is 508 g/mol. The summed E-state index contributed by atoms with van der Waals surface area (Å²) in [5, 5.41) is 0. The zero-order valence-corrected chi connectivity index (χ0v) is 25.9. The van der Waals surface area contributed by atoms with Gasteiger partial charge in [0, 0.05) is 0 Å². The molecule has 2 heteroatoms. The Hall–Kier alpha value is -2.71. The molecule has 0 fully saturated rings. The van der Waals surface area contributed by atoms with Gasteiger partial charge in [0.1, 0.15) is 0 Å². The molecule has 0 saturated carbocycles. The molecular formula is C36H39SiTi. The van der Waals surface area contributed by atoms with E-state index in [0.717, 1.165) is 0 Å². The zero-order valence-electron chi connectivity index (χ0n) is 23.2. The average molecular weight is 548 g/mol. The van der Waals surface area contributed by atoms with Crippen LogP contribution in [0.25, 0.3) is 12.2 Å². The van der Waals surface area contributed by atoms with Crippen molar-refractivity contribution in [2.24, 2.45) is 0 Å². The fraction of sp³-hybridized carbons (Fsp3) is 0.222. The van der Waals surface area contributed by atoms with E-state index in [1.165, 1.54) is 31.7 Å². The van der Waals surface area contributed by atoms with Crippen molar-refractivity contribution in [3.63, 3.8) is 0 Å². The first kappa shape index (κ1) is 25.6. The number of benzene rings is 4. The van der Waals surface area contributed by atoms with Crippen molar-refractivity contribution in [3.05, 3.63) is 154 Å². The van der Waals surface area contributed by atoms with E-state index >= 15 is 0 Å². The summed E-state index contributed by atoms with van der Waals surface area (Å²) in [6, 6.07) is 41.8. The van der Waals surface area contributed by atoms with Gasteiger partial charge < -0.3 is 0 Å². The summed E-state index contributed by atoms with van der Waals surface area (Å²) in [6.07, 6.45) is 5.07. The fourth-order valence-corrected chi connectivity index (χ4v) is 39.7. The molecule has 0 bridgehead atoms. The van der Waals surface area contributed by atoms with Crippen molar-refractivity contribution >= 4 is 18.8 Å². The SMILES string of the molecule is CC1=Cc2ccccc2[CH]1[Ti]([CH2]c1ccccc1)([CH2]c1ccccc1)([CH]1C(C)=Cc2ccccc21)[SiH](C)C. The molecule has 0 amide bonds. The van der Waals surface area contributed by atoms with Gasteiger partial charge in [-0.15, -0.1) is 0 Å². The monoisotopic (exact) mass is 547 g/mol. The van der Waals surface area contributed by atoms with Gasteiger partial charge in [-0.3, -0.25) is 0 Å². The Balaban J connectivity index is 1.76. The summed E-state index contributed by atoms with van der Waals surface area (Å²) < 4.78 is 3.58. The van der Waals surface area contributed by atoms with Crippen LogP contribution in [0.15, 0.2) is 120 Å². The van der Waals surface area contributed by atoms with Crippen molar-refractivity contribution in [2.45, 2.75) is 44.8 Å². The molecule has 2 unspecified atom stereocenters. The molecule has 0 nitrogen and oxygen atoms in total. The van der Waals surface area contributed by atoms with Crippen LogP contribution in [0.5, 0.6) is 0 Å². The minimum absolute atomic E-state index is 0.537. The molecule has 0 N–H and O–H groups in total. The minimum atomic E-state index is -3.76. The Labute approximate surface area is 230 Å². The molecule has 0 aromatic heterocycles. The number of rotatable bonds is 7. The van der Waals surface area contributed by atoms with Crippen molar-refractivity contribution in [1.82, 2.24) is 0 Å². The summed E-state index contributed by atoms with van der Waals surface area (Å²) in [6.45, 7) is 9.08. The van der Waals surface area contributed by atoms with Crippen LogP contribution in [0.1, 0.15) is 55.7 Å². The number of fused-ring (bicyclic) bond motifs is 2. The van der Waals surface area contributed by atoms with Crippen LogP contribution >= 0.6 is 0 Å². The summed E-state index contributed by atoms with van der Waals surface area (Å²) in [5.41, 5.74) is 12.4. The molecule has 2 aliphatic rings. The van der Waals surface area contributed by atoms with E-state index in [9.17, 15) is 0 Å². The Bertz CT molecular complexity index is 1420. The van der Waals surface area contributed by atoms with E-state index in [4.69, 9.17) is 0 Å². The molecule has 0 spiro atoms. The van der Waals surface area contributed by atoms with Crippen LogP contribution in [0.3, 0.4) is 0 Å². The maximum absolute atomic E-state index is 3.76. The first-order chi connectivity index (χ1) is 18.4. The normalized spacial score (nSPS) is 19.3. The van der Waals surface area contributed by atoms with Crippen molar-refractivity contribution in [3.8, 4) is 0 Å². The molecule has 2 aliphatic carbocycles. The van der Waals surface area contributed by atoms with Gasteiger partial charge in [-0.25, -0.2) is 0 Å². The Morgan fingerprint density at radius 3 is 1.29 bits per heavy atom. The number of hydrogen-bond acceptors (Lipinski definition) is 0. The molecule has 0 saturated heterocycles.